The van der Waals surface area contributed by atoms with Crippen LogP contribution in [0.25, 0.3) is 4.91 Å². The van der Waals surface area contributed by atoms with Crippen LogP contribution in [0.2, 0.25) is 0 Å². The van der Waals surface area contributed by atoms with Crippen LogP contribution in [0.1, 0.15) is 30.2 Å². The molecule has 0 unspecified atom stereocenters. The van der Waals surface area contributed by atoms with Crippen molar-refractivity contribution in [1.82, 2.24) is 10.2 Å². The molecule has 2 aromatic rings. The molecular formula is C21H24N2O5S. The number of nitrogens with one attached hydrogen (secondary N) is 1. The van der Waals surface area contributed by atoms with Gasteiger partial charge in [-0.05, 0) is 43.6 Å². The molecule has 0 spiro atoms. The van der Waals surface area contributed by atoms with E-state index >= 15 is 0 Å². The van der Waals surface area contributed by atoms with Gasteiger partial charge in [-0.15, -0.1) is 0 Å². The quantitative estimate of drug-likeness (QED) is 0.778. The maximum absolute atomic E-state index is 13.0. The molecule has 3 heterocycles. The summed E-state index contributed by atoms with van der Waals surface area (Å²) in [5, 5.41) is 2.87. The van der Waals surface area contributed by atoms with Gasteiger partial charge in [-0.3, -0.25) is 9.69 Å². The van der Waals surface area contributed by atoms with Crippen LogP contribution in [0.4, 0.5) is 0 Å². The SMILES string of the molecule is O=C(NC[C@@H](c1ccco1)N1CCCC1)C1=C(c2ccccc2)S(=O)(=O)CCO1. The van der Waals surface area contributed by atoms with Crippen molar-refractivity contribution in [3.63, 3.8) is 0 Å². The number of carbonyl (C=O) groups excluding carboxylic acids is 1. The zero-order valence-electron chi connectivity index (χ0n) is 16.0. The van der Waals surface area contributed by atoms with E-state index in [1.807, 2.05) is 12.1 Å². The molecule has 1 fully saturated rings. The average molecular weight is 416 g/mol. The number of amides is 1. The molecule has 154 valence electrons. The number of furan rings is 1. The molecule has 0 saturated carbocycles. The minimum absolute atomic E-state index is 0.0326. The lowest BCUT2D eigenvalue weighted by Crippen LogP contribution is -2.39. The van der Waals surface area contributed by atoms with Gasteiger partial charge in [0.15, 0.2) is 9.84 Å². The fourth-order valence-corrected chi connectivity index (χ4v) is 5.28. The fourth-order valence-electron chi connectivity index (χ4n) is 3.84. The third-order valence-corrected chi connectivity index (χ3v) is 7.01. The predicted molar refractivity (Wildman–Crippen MR) is 108 cm³/mol. The molecule has 1 aromatic carbocycles. The topological polar surface area (TPSA) is 88.9 Å². The fraction of sp³-hybridized carbons (Fsp3) is 0.381. The van der Waals surface area contributed by atoms with Crippen LogP contribution in [0.5, 0.6) is 0 Å². The number of nitrogens with zero attached hydrogens (tertiary/aromatic N) is 1. The van der Waals surface area contributed by atoms with Crippen molar-refractivity contribution >= 4 is 20.6 Å². The van der Waals surface area contributed by atoms with E-state index in [0.29, 0.717) is 12.1 Å². The Bertz CT molecular complexity index is 977. The number of likely N-dealkylation sites (tertiary alicyclic amines) is 1. The number of carbonyl (C=O) groups is 1. The summed E-state index contributed by atoms with van der Waals surface area (Å²) in [5.41, 5.74) is 0.458. The van der Waals surface area contributed by atoms with Crippen molar-refractivity contribution in [3.8, 4) is 0 Å². The standard InChI is InChI=1S/C21H24N2O5S/c24-21(22-15-17(18-9-6-12-27-18)23-10-4-5-11-23)19-20(16-7-2-1-3-8-16)29(25,26)14-13-28-19/h1-3,6-9,12,17H,4-5,10-11,13-15H2,(H,22,24)/t17-/m0/s1. The highest BCUT2D eigenvalue weighted by Gasteiger charge is 2.34. The van der Waals surface area contributed by atoms with Gasteiger partial charge >= 0.3 is 0 Å². The Morgan fingerprint density at radius 3 is 2.55 bits per heavy atom. The van der Waals surface area contributed by atoms with E-state index in [1.165, 1.54) is 0 Å². The number of benzene rings is 1. The second-order valence-electron chi connectivity index (χ2n) is 7.18. The van der Waals surface area contributed by atoms with E-state index in [9.17, 15) is 13.2 Å². The molecule has 1 atom stereocenters. The van der Waals surface area contributed by atoms with Gasteiger partial charge in [0.25, 0.3) is 5.91 Å². The molecule has 1 amide bonds. The number of ether oxygens (including phenoxy) is 1. The molecule has 1 aromatic heterocycles. The van der Waals surface area contributed by atoms with Crippen LogP contribution < -0.4 is 5.32 Å². The highest BCUT2D eigenvalue weighted by atomic mass is 32.2. The van der Waals surface area contributed by atoms with E-state index in [1.54, 1.807) is 36.6 Å². The Labute approximate surface area is 170 Å². The van der Waals surface area contributed by atoms with E-state index in [0.717, 1.165) is 31.7 Å². The highest BCUT2D eigenvalue weighted by molar-refractivity contribution is 8.00. The van der Waals surface area contributed by atoms with E-state index in [2.05, 4.69) is 10.2 Å². The molecule has 2 aliphatic rings. The van der Waals surface area contributed by atoms with Gasteiger partial charge in [-0.2, -0.15) is 0 Å². The lowest BCUT2D eigenvalue weighted by molar-refractivity contribution is -0.121. The Kier molecular flexibility index (Phi) is 5.73. The van der Waals surface area contributed by atoms with Crippen molar-refractivity contribution in [2.45, 2.75) is 18.9 Å². The minimum Gasteiger partial charge on any atom is -0.486 e. The second kappa shape index (κ2) is 8.42. The number of rotatable bonds is 6. The number of sulfone groups is 1. The summed E-state index contributed by atoms with van der Waals surface area (Å²) < 4.78 is 36.5. The first kappa shape index (κ1) is 19.7. The zero-order chi connectivity index (χ0) is 20.3. The largest absolute Gasteiger partial charge is 0.486 e. The lowest BCUT2D eigenvalue weighted by Gasteiger charge is -2.27. The van der Waals surface area contributed by atoms with Crippen LogP contribution in [0, 0.1) is 0 Å². The summed E-state index contributed by atoms with van der Waals surface area (Å²) in [7, 11) is -3.60. The predicted octanol–water partition coefficient (Wildman–Crippen LogP) is 2.35. The second-order valence-corrected chi connectivity index (χ2v) is 9.22. The van der Waals surface area contributed by atoms with Gasteiger partial charge in [-0.1, -0.05) is 30.3 Å². The lowest BCUT2D eigenvalue weighted by atomic mass is 10.1. The molecule has 29 heavy (non-hydrogen) atoms. The summed E-state index contributed by atoms with van der Waals surface area (Å²) in [6.07, 6.45) is 3.83. The summed E-state index contributed by atoms with van der Waals surface area (Å²) in [6, 6.07) is 12.2. The Balaban J connectivity index is 1.59. The maximum atomic E-state index is 13.0. The third kappa shape index (κ3) is 4.23. The average Bonchev–Trinajstić information content (AvgIpc) is 3.42. The van der Waals surface area contributed by atoms with Crippen molar-refractivity contribution in [3.05, 3.63) is 65.8 Å². The first-order valence-electron chi connectivity index (χ1n) is 9.77. The van der Waals surface area contributed by atoms with Crippen molar-refractivity contribution in [2.75, 3.05) is 32.0 Å². The van der Waals surface area contributed by atoms with Crippen molar-refractivity contribution in [2.24, 2.45) is 0 Å². The van der Waals surface area contributed by atoms with Crippen LogP contribution in [0.15, 0.2) is 58.9 Å². The zero-order valence-corrected chi connectivity index (χ0v) is 16.9. The smallest absolute Gasteiger partial charge is 0.287 e. The monoisotopic (exact) mass is 416 g/mol. The van der Waals surface area contributed by atoms with Gasteiger partial charge < -0.3 is 14.5 Å². The van der Waals surface area contributed by atoms with Crippen LogP contribution in [-0.2, 0) is 19.4 Å². The van der Waals surface area contributed by atoms with Crippen molar-refractivity contribution < 1.29 is 22.4 Å². The van der Waals surface area contributed by atoms with E-state index < -0.39 is 15.7 Å². The highest BCUT2D eigenvalue weighted by Crippen LogP contribution is 2.30. The summed E-state index contributed by atoms with van der Waals surface area (Å²) in [6.45, 7) is 2.14. The van der Waals surface area contributed by atoms with Gasteiger partial charge in [0, 0.05) is 6.54 Å². The van der Waals surface area contributed by atoms with Gasteiger partial charge in [-0.25, -0.2) is 8.42 Å². The van der Waals surface area contributed by atoms with Gasteiger partial charge in [0.1, 0.15) is 17.3 Å². The van der Waals surface area contributed by atoms with Crippen LogP contribution >= 0.6 is 0 Å². The maximum Gasteiger partial charge on any atom is 0.287 e. The first-order chi connectivity index (χ1) is 14.1. The Morgan fingerprint density at radius 1 is 1.10 bits per heavy atom. The normalized spacial score (nSPS) is 20.3. The van der Waals surface area contributed by atoms with E-state index in [-0.39, 0.29) is 29.1 Å². The third-order valence-electron chi connectivity index (χ3n) is 5.27. The molecule has 1 saturated heterocycles. The molecule has 2 aliphatic heterocycles. The molecule has 7 nitrogen and oxygen atoms in total. The molecular weight excluding hydrogens is 392 g/mol. The molecule has 0 radical (unpaired) electrons. The van der Waals surface area contributed by atoms with Crippen LogP contribution in [-0.4, -0.2) is 51.2 Å². The Hall–Kier alpha value is -2.58. The molecule has 1 N–H and O–H groups in total. The molecule has 0 bridgehead atoms. The Morgan fingerprint density at radius 2 is 1.86 bits per heavy atom. The summed E-state index contributed by atoms with van der Waals surface area (Å²) >= 11 is 0. The number of hydrogen-bond acceptors (Lipinski definition) is 6. The number of hydrogen-bond donors (Lipinski definition) is 1. The van der Waals surface area contributed by atoms with Gasteiger partial charge in [0.05, 0.1) is 18.1 Å². The van der Waals surface area contributed by atoms with Gasteiger partial charge in [0.2, 0.25) is 5.76 Å². The van der Waals surface area contributed by atoms with Crippen molar-refractivity contribution in [1.29, 1.82) is 0 Å². The summed E-state index contributed by atoms with van der Waals surface area (Å²) in [5.74, 6) is -0.0248. The molecule has 0 aliphatic carbocycles. The molecule has 4 rings (SSSR count). The minimum atomic E-state index is -3.60. The first-order valence-corrected chi connectivity index (χ1v) is 11.4. The van der Waals surface area contributed by atoms with Crippen LogP contribution in [0.3, 0.4) is 0 Å². The molecule has 8 heteroatoms. The van der Waals surface area contributed by atoms with E-state index in [4.69, 9.17) is 9.15 Å². The summed E-state index contributed by atoms with van der Waals surface area (Å²) in [4.78, 5) is 15.2.